The molecule has 0 spiro atoms. The molecule has 0 bridgehead atoms. The van der Waals surface area contributed by atoms with Crippen molar-refractivity contribution in [1.82, 2.24) is 0 Å². The van der Waals surface area contributed by atoms with Gasteiger partial charge in [-0.2, -0.15) is 0 Å². The summed E-state index contributed by atoms with van der Waals surface area (Å²) in [5.74, 6) is 0. The molecule has 0 unspecified atom stereocenters. The van der Waals surface area contributed by atoms with Crippen molar-refractivity contribution in [3.05, 3.63) is 282 Å². The quantitative estimate of drug-likeness (QED) is 0.147. The normalized spacial score (nSPS) is 13.6. The highest BCUT2D eigenvalue weighted by Gasteiger charge is 2.51. The molecule has 308 valence electrons. The van der Waals surface area contributed by atoms with Gasteiger partial charge in [0.15, 0.2) is 0 Å². The molecule has 1 heteroatoms. The average molecular weight is 830 g/mol. The van der Waals surface area contributed by atoms with Crippen molar-refractivity contribution in [2.24, 2.45) is 0 Å². The molecule has 0 radical (unpaired) electrons. The summed E-state index contributed by atoms with van der Waals surface area (Å²) < 4.78 is 0. The van der Waals surface area contributed by atoms with E-state index in [0.717, 1.165) is 11.4 Å². The van der Waals surface area contributed by atoms with Gasteiger partial charge in [-0.25, -0.2) is 0 Å². The maximum atomic E-state index is 2.60. The van der Waals surface area contributed by atoms with E-state index in [0.29, 0.717) is 0 Å². The zero-order valence-electron chi connectivity index (χ0n) is 36.6. The number of para-hydroxylation sites is 1. The lowest BCUT2D eigenvalue weighted by Gasteiger charge is -2.36. The fraction of sp³-hybridized carbons (Fsp3) is 0.0625. The molecule has 1 nitrogen and oxygen atoms in total. The van der Waals surface area contributed by atoms with E-state index >= 15 is 0 Å². The minimum absolute atomic E-state index is 0.267. The lowest BCUT2D eigenvalue weighted by atomic mass is 9.66. The van der Waals surface area contributed by atoms with Crippen molar-refractivity contribution in [2.75, 3.05) is 4.90 Å². The van der Waals surface area contributed by atoms with Gasteiger partial charge in [0.1, 0.15) is 0 Å². The van der Waals surface area contributed by atoms with Gasteiger partial charge in [0.05, 0.1) is 11.1 Å². The Labute approximate surface area is 382 Å². The van der Waals surface area contributed by atoms with Crippen LogP contribution < -0.4 is 4.90 Å². The fourth-order valence-electron chi connectivity index (χ4n) is 11.1. The van der Waals surface area contributed by atoms with Gasteiger partial charge in [0, 0.05) is 27.9 Å². The summed E-state index contributed by atoms with van der Waals surface area (Å²) in [6.45, 7) is 4.84. The summed E-state index contributed by atoms with van der Waals surface area (Å²) in [6, 6.07) is 92.1. The SMILES string of the molecule is CC1(C)c2ccccc2-c2c1cc1c(c2N(c2ccccc2)c2ccc(-c3ccc(-c4ccccc4)cc3)cc2)-c2cc(-c3ccccc3)ccc2C1(c1ccccc1)c1ccccc1. The predicted octanol–water partition coefficient (Wildman–Crippen LogP) is 16.8. The van der Waals surface area contributed by atoms with Crippen molar-refractivity contribution >= 4 is 17.1 Å². The Morgan fingerprint density at radius 3 is 1.28 bits per heavy atom. The van der Waals surface area contributed by atoms with Crippen LogP contribution in [0.5, 0.6) is 0 Å². The minimum Gasteiger partial charge on any atom is -0.309 e. The summed E-state index contributed by atoms with van der Waals surface area (Å²) in [6.07, 6.45) is 0. The minimum atomic E-state index is -0.602. The smallest absolute Gasteiger partial charge is 0.0714 e. The Bertz CT molecular complexity index is 3300. The van der Waals surface area contributed by atoms with Crippen molar-refractivity contribution < 1.29 is 0 Å². The topological polar surface area (TPSA) is 3.24 Å². The predicted molar refractivity (Wildman–Crippen MR) is 272 cm³/mol. The molecule has 0 atom stereocenters. The first-order chi connectivity index (χ1) is 32.0. The van der Waals surface area contributed by atoms with Gasteiger partial charge in [-0.15, -0.1) is 0 Å². The molecule has 0 aromatic heterocycles. The molecule has 0 saturated carbocycles. The van der Waals surface area contributed by atoms with E-state index in [-0.39, 0.29) is 5.41 Å². The van der Waals surface area contributed by atoms with Crippen molar-refractivity contribution in [3.8, 4) is 55.6 Å². The molecule has 10 aromatic carbocycles. The molecule has 0 heterocycles. The third-order valence-corrected chi connectivity index (χ3v) is 14.2. The number of hydrogen-bond donors (Lipinski definition) is 0. The van der Waals surface area contributed by atoms with Gasteiger partial charge in [0.2, 0.25) is 0 Å². The number of rotatable bonds is 8. The van der Waals surface area contributed by atoms with Crippen LogP contribution in [0.2, 0.25) is 0 Å². The van der Waals surface area contributed by atoms with Crippen LogP contribution in [-0.2, 0) is 10.8 Å². The molecule has 12 rings (SSSR count). The van der Waals surface area contributed by atoms with Crippen molar-refractivity contribution in [3.63, 3.8) is 0 Å². The highest BCUT2D eigenvalue weighted by Crippen LogP contribution is 2.65. The largest absolute Gasteiger partial charge is 0.309 e. The summed E-state index contributed by atoms with van der Waals surface area (Å²) in [4.78, 5) is 2.56. The molecular weight excluding hydrogens is 783 g/mol. The maximum Gasteiger partial charge on any atom is 0.0714 e. The van der Waals surface area contributed by atoms with Crippen LogP contribution in [0.4, 0.5) is 17.1 Å². The van der Waals surface area contributed by atoms with Crippen LogP contribution >= 0.6 is 0 Å². The Hall–Kier alpha value is -8.00. The molecule has 0 fully saturated rings. The van der Waals surface area contributed by atoms with Gasteiger partial charge in [-0.1, -0.05) is 232 Å². The zero-order valence-corrected chi connectivity index (χ0v) is 36.6. The molecule has 0 aliphatic heterocycles. The Kier molecular flexibility index (Phi) is 9.14. The Morgan fingerprint density at radius 2 is 0.708 bits per heavy atom. The molecule has 0 amide bonds. The van der Waals surface area contributed by atoms with Gasteiger partial charge >= 0.3 is 0 Å². The van der Waals surface area contributed by atoms with E-state index in [1.54, 1.807) is 0 Å². The van der Waals surface area contributed by atoms with Crippen LogP contribution in [0.3, 0.4) is 0 Å². The first-order valence-electron chi connectivity index (χ1n) is 22.8. The number of hydrogen-bond acceptors (Lipinski definition) is 1. The number of nitrogens with zero attached hydrogens (tertiary/aromatic N) is 1. The number of benzene rings is 10. The van der Waals surface area contributed by atoms with Crippen molar-refractivity contribution in [2.45, 2.75) is 24.7 Å². The van der Waals surface area contributed by atoms with Crippen LogP contribution in [0.15, 0.2) is 249 Å². The van der Waals surface area contributed by atoms with E-state index in [9.17, 15) is 0 Å². The standard InChI is InChI=1S/C64H47N/c1-63(2)56-31-19-18-30-54(56)60-58(63)43-59-61(55-42-49(45-22-10-4-11-23-45)38-41-57(55)64(59,50-24-12-5-13-25-50)51-26-14-6-15-27-51)62(60)65(52-28-16-7-17-29-52)53-39-36-48(37-40-53)47-34-32-46(33-35-47)44-20-8-3-9-21-44/h3-43H,1-2H3. The van der Waals surface area contributed by atoms with Gasteiger partial charge in [0.25, 0.3) is 0 Å². The molecular formula is C64H47N. The zero-order chi connectivity index (χ0) is 43.5. The summed E-state index contributed by atoms with van der Waals surface area (Å²) in [7, 11) is 0. The van der Waals surface area contributed by atoms with Crippen molar-refractivity contribution in [1.29, 1.82) is 0 Å². The van der Waals surface area contributed by atoms with E-state index in [1.807, 2.05) is 0 Å². The fourth-order valence-corrected chi connectivity index (χ4v) is 11.1. The third kappa shape index (κ3) is 6.07. The van der Waals surface area contributed by atoms with Gasteiger partial charge < -0.3 is 4.90 Å². The van der Waals surface area contributed by atoms with E-state index in [1.165, 1.54) is 94.7 Å². The molecule has 65 heavy (non-hydrogen) atoms. The second-order valence-electron chi connectivity index (χ2n) is 18.0. The second kappa shape index (κ2) is 15.4. The van der Waals surface area contributed by atoms with Crippen LogP contribution in [0, 0.1) is 0 Å². The monoisotopic (exact) mass is 829 g/mol. The van der Waals surface area contributed by atoms with E-state index < -0.39 is 5.41 Å². The lowest BCUT2D eigenvalue weighted by molar-refractivity contribution is 0.656. The molecule has 10 aromatic rings. The third-order valence-electron chi connectivity index (χ3n) is 14.2. The first kappa shape index (κ1) is 38.7. The summed E-state index contributed by atoms with van der Waals surface area (Å²) in [5.41, 5.74) is 22.7. The van der Waals surface area contributed by atoms with Crippen LogP contribution in [-0.4, -0.2) is 0 Å². The number of fused-ring (bicyclic) bond motifs is 6. The first-order valence-corrected chi connectivity index (χ1v) is 22.8. The Morgan fingerprint density at radius 1 is 0.292 bits per heavy atom. The highest BCUT2D eigenvalue weighted by atomic mass is 15.1. The highest BCUT2D eigenvalue weighted by molar-refractivity contribution is 6.07. The lowest BCUT2D eigenvalue weighted by Crippen LogP contribution is -2.29. The van der Waals surface area contributed by atoms with Gasteiger partial charge in [-0.3, -0.25) is 0 Å². The van der Waals surface area contributed by atoms with Crippen LogP contribution in [0.25, 0.3) is 55.6 Å². The van der Waals surface area contributed by atoms with E-state index in [2.05, 4.69) is 267 Å². The van der Waals surface area contributed by atoms with E-state index in [4.69, 9.17) is 0 Å². The summed E-state index contributed by atoms with van der Waals surface area (Å²) >= 11 is 0. The van der Waals surface area contributed by atoms with Crippen LogP contribution in [0.1, 0.15) is 47.2 Å². The summed E-state index contributed by atoms with van der Waals surface area (Å²) in [5, 5.41) is 0. The average Bonchev–Trinajstić information content (AvgIpc) is 3.80. The number of anilines is 3. The molecule has 0 saturated heterocycles. The second-order valence-corrected chi connectivity index (χ2v) is 18.0. The molecule has 2 aliphatic rings. The Balaban J connectivity index is 1.18. The van der Waals surface area contributed by atoms with Gasteiger partial charge in [-0.05, 0) is 108 Å². The molecule has 0 N–H and O–H groups in total. The maximum absolute atomic E-state index is 2.60. The molecule has 2 aliphatic carbocycles.